The van der Waals surface area contributed by atoms with Crippen molar-refractivity contribution in [2.75, 3.05) is 0 Å². The van der Waals surface area contributed by atoms with E-state index in [2.05, 4.69) is 0 Å². The lowest BCUT2D eigenvalue weighted by molar-refractivity contribution is -0.394. The monoisotopic (exact) mass is 232 g/mol. The zero-order chi connectivity index (χ0) is 13.0. The number of nitrogens with zero attached hydrogens (tertiary/aromatic N) is 4. The van der Waals surface area contributed by atoms with Gasteiger partial charge >= 0.3 is 0 Å². The number of non-ortho nitro benzene ring substituents is 1. The zero-order valence-corrected chi connectivity index (χ0v) is 8.23. The van der Waals surface area contributed by atoms with Crippen LogP contribution in [0.4, 0.5) is 11.4 Å². The van der Waals surface area contributed by atoms with Gasteiger partial charge in [0.15, 0.2) is 5.92 Å². The molecule has 0 saturated carbocycles. The van der Waals surface area contributed by atoms with Gasteiger partial charge in [0.1, 0.15) is 0 Å². The molecule has 0 unspecified atom stereocenters. The minimum absolute atomic E-state index is 0.148. The fraction of sp³-hybridized carbons (Fsp3) is 0.111. The van der Waals surface area contributed by atoms with Crippen LogP contribution in [0.15, 0.2) is 18.2 Å². The van der Waals surface area contributed by atoms with E-state index in [1.807, 2.05) is 0 Å². The van der Waals surface area contributed by atoms with Crippen LogP contribution >= 0.6 is 0 Å². The van der Waals surface area contributed by atoms with Crippen LogP contribution in [-0.4, -0.2) is 9.85 Å². The lowest BCUT2D eigenvalue weighted by atomic mass is 10.00. The fourth-order valence-electron chi connectivity index (χ4n) is 1.22. The Kier molecular flexibility index (Phi) is 3.32. The van der Waals surface area contributed by atoms with E-state index in [0.29, 0.717) is 0 Å². The molecule has 17 heavy (non-hydrogen) atoms. The summed E-state index contributed by atoms with van der Waals surface area (Å²) in [7, 11) is 0. The number of hydrogen-bond donors (Lipinski definition) is 0. The second-order valence-corrected chi connectivity index (χ2v) is 2.95. The van der Waals surface area contributed by atoms with E-state index < -0.39 is 27.1 Å². The molecule has 0 aliphatic rings. The Bertz CT molecular complexity index is 555. The zero-order valence-electron chi connectivity index (χ0n) is 8.23. The van der Waals surface area contributed by atoms with Crippen LogP contribution in [0, 0.1) is 42.9 Å². The Labute approximate surface area is 94.6 Å². The molecule has 0 atom stereocenters. The predicted molar refractivity (Wildman–Crippen MR) is 53.7 cm³/mol. The normalized spacial score (nSPS) is 9.35. The molecule has 8 nitrogen and oxygen atoms in total. The van der Waals surface area contributed by atoms with Crippen LogP contribution in [0.3, 0.4) is 0 Å². The Morgan fingerprint density at radius 3 is 2.12 bits per heavy atom. The highest BCUT2D eigenvalue weighted by atomic mass is 16.6. The first-order valence-electron chi connectivity index (χ1n) is 4.23. The van der Waals surface area contributed by atoms with Gasteiger partial charge in [0, 0.05) is 6.07 Å². The number of nitro benzene ring substituents is 2. The van der Waals surface area contributed by atoms with Gasteiger partial charge < -0.3 is 0 Å². The van der Waals surface area contributed by atoms with Crippen LogP contribution < -0.4 is 0 Å². The molecule has 0 amide bonds. The van der Waals surface area contributed by atoms with Gasteiger partial charge in [0.05, 0.1) is 33.6 Å². The molecule has 84 valence electrons. The number of hydrogen-bond acceptors (Lipinski definition) is 6. The summed E-state index contributed by atoms with van der Waals surface area (Å²) in [6.07, 6.45) is 0. The summed E-state index contributed by atoms with van der Waals surface area (Å²) in [4.78, 5) is 19.5. The molecule has 0 bridgehead atoms. The minimum Gasteiger partial charge on any atom is -0.258 e. The third-order valence-corrected chi connectivity index (χ3v) is 1.99. The first kappa shape index (κ1) is 12.1. The highest BCUT2D eigenvalue weighted by Crippen LogP contribution is 2.29. The van der Waals surface area contributed by atoms with Crippen molar-refractivity contribution in [3.63, 3.8) is 0 Å². The molecule has 0 aliphatic heterocycles. The molecule has 0 N–H and O–H groups in total. The van der Waals surface area contributed by atoms with Crippen molar-refractivity contribution < 1.29 is 9.85 Å². The predicted octanol–water partition coefficient (Wildman–Crippen LogP) is 1.63. The maximum atomic E-state index is 10.7. The molecule has 0 radical (unpaired) electrons. The third kappa shape index (κ3) is 2.33. The number of benzene rings is 1. The molecule has 1 aromatic carbocycles. The van der Waals surface area contributed by atoms with Crippen LogP contribution in [0.2, 0.25) is 0 Å². The fourth-order valence-corrected chi connectivity index (χ4v) is 1.22. The van der Waals surface area contributed by atoms with Crippen LogP contribution in [-0.2, 0) is 0 Å². The lowest BCUT2D eigenvalue weighted by Crippen LogP contribution is -2.01. The van der Waals surface area contributed by atoms with Crippen molar-refractivity contribution in [3.05, 3.63) is 44.0 Å². The Hall–Kier alpha value is -3.00. The van der Waals surface area contributed by atoms with Crippen molar-refractivity contribution in [2.24, 2.45) is 0 Å². The molecule has 0 spiro atoms. The van der Waals surface area contributed by atoms with Gasteiger partial charge in [-0.05, 0) is 6.07 Å². The third-order valence-electron chi connectivity index (χ3n) is 1.99. The van der Waals surface area contributed by atoms with Crippen molar-refractivity contribution in [1.29, 1.82) is 10.5 Å². The molecular weight excluding hydrogens is 228 g/mol. The molecule has 8 heteroatoms. The van der Waals surface area contributed by atoms with E-state index in [9.17, 15) is 20.2 Å². The van der Waals surface area contributed by atoms with E-state index in [-0.39, 0.29) is 5.56 Å². The average molecular weight is 232 g/mol. The quantitative estimate of drug-likeness (QED) is 0.574. The number of nitriles is 2. The molecule has 1 aromatic rings. The van der Waals surface area contributed by atoms with Gasteiger partial charge in [0.25, 0.3) is 11.4 Å². The maximum Gasteiger partial charge on any atom is 0.281 e. The van der Waals surface area contributed by atoms with Crippen molar-refractivity contribution in [2.45, 2.75) is 5.92 Å². The first-order chi connectivity index (χ1) is 8.01. The van der Waals surface area contributed by atoms with E-state index in [0.717, 1.165) is 18.2 Å². The summed E-state index contributed by atoms with van der Waals surface area (Å²) in [5, 5.41) is 38.4. The SMILES string of the molecule is N#CC(C#N)c1ccc([N+](=O)[O-])cc1[N+](=O)[O-]. The van der Waals surface area contributed by atoms with E-state index in [1.54, 1.807) is 12.1 Å². The maximum absolute atomic E-state index is 10.7. The minimum atomic E-state index is -1.32. The van der Waals surface area contributed by atoms with Crippen molar-refractivity contribution >= 4 is 11.4 Å². The lowest BCUT2D eigenvalue weighted by Gasteiger charge is -2.01. The van der Waals surface area contributed by atoms with Gasteiger partial charge in [-0.1, -0.05) is 0 Å². The number of rotatable bonds is 3. The highest BCUT2D eigenvalue weighted by Gasteiger charge is 2.25. The van der Waals surface area contributed by atoms with Gasteiger partial charge in [-0.25, -0.2) is 0 Å². The molecule has 0 fully saturated rings. The molecule has 0 aliphatic carbocycles. The molecule has 0 heterocycles. The summed E-state index contributed by atoms with van der Waals surface area (Å²) < 4.78 is 0. The number of nitro groups is 2. The summed E-state index contributed by atoms with van der Waals surface area (Å²) in [5.41, 5.74) is -1.21. The standard InChI is InChI=1S/C9H4N4O4/c10-4-6(5-11)8-2-1-7(12(14)15)3-9(8)13(16)17/h1-3,6H. The van der Waals surface area contributed by atoms with E-state index in [4.69, 9.17) is 10.5 Å². The smallest absolute Gasteiger partial charge is 0.258 e. The molecular formula is C9H4N4O4. The summed E-state index contributed by atoms with van der Waals surface area (Å²) in [6, 6.07) is 5.95. The molecule has 0 saturated heterocycles. The highest BCUT2D eigenvalue weighted by molar-refractivity contribution is 5.53. The van der Waals surface area contributed by atoms with E-state index in [1.165, 1.54) is 0 Å². The van der Waals surface area contributed by atoms with Crippen LogP contribution in [0.1, 0.15) is 11.5 Å². The summed E-state index contributed by atoms with van der Waals surface area (Å²) in [6.45, 7) is 0. The molecule has 0 aromatic heterocycles. The van der Waals surface area contributed by atoms with Crippen molar-refractivity contribution in [3.8, 4) is 12.1 Å². The summed E-state index contributed by atoms with van der Waals surface area (Å²) in [5.74, 6) is -1.32. The Morgan fingerprint density at radius 1 is 1.12 bits per heavy atom. The van der Waals surface area contributed by atoms with Crippen molar-refractivity contribution in [1.82, 2.24) is 0 Å². The summed E-state index contributed by atoms with van der Waals surface area (Å²) >= 11 is 0. The van der Waals surface area contributed by atoms with Gasteiger partial charge in [0.2, 0.25) is 0 Å². The Balaban J connectivity index is 3.44. The molecule has 1 rings (SSSR count). The van der Waals surface area contributed by atoms with Gasteiger partial charge in [-0.15, -0.1) is 0 Å². The van der Waals surface area contributed by atoms with Gasteiger partial charge in [-0.2, -0.15) is 10.5 Å². The second-order valence-electron chi connectivity index (χ2n) is 2.95. The van der Waals surface area contributed by atoms with Crippen LogP contribution in [0.5, 0.6) is 0 Å². The largest absolute Gasteiger partial charge is 0.281 e. The average Bonchev–Trinajstić information content (AvgIpc) is 2.30. The van der Waals surface area contributed by atoms with Crippen LogP contribution in [0.25, 0.3) is 0 Å². The topological polar surface area (TPSA) is 134 Å². The second kappa shape index (κ2) is 4.68. The first-order valence-corrected chi connectivity index (χ1v) is 4.23. The van der Waals surface area contributed by atoms with Gasteiger partial charge in [-0.3, -0.25) is 20.2 Å². The Morgan fingerprint density at radius 2 is 1.71 bits per heavy atom. The van der Waals surface area contributed by atoms with E-state index >= 15 is 0 Å².